The number of amides is 1. The maximum atomic E-state index is 12.7. The summed E-state index contributed by atoms with van der Waals surface area (Å²) >= 11 is 0. The number of carbonyl (C=O) groups excluding carboxylic acids is 1. The average Bonchev–Trinajstić information content (AvgIpc) is 3.16. The molecule has 4 rings (SSSR count). The van der Waals surface area contributed by atoms with Crippen LogP contribution in [-0.2, 0) is 17.8 Å². The standard InChI is InChI=1S/C22H32N4O2/c1-15-14-23-22(19-5-4-6-19)26(15)12-9-18-7-10-25(11-8-18)21(27)13-20-16(2)24-28-17(20)3/h14,18-19H,4-13H2,1-3H3. The highest BCUT2D eigenvalue weighted by atomic mass is 16.5. The van der Waals surface area contributed by atoms with E-state index in [0.717, 1.165) is 49.5 Å². The molecule has 0 spiro atoms. The minimum Gasteiger partial charge on any atom is -0.361 e. The Balaban J connectivity index is 1.27. The number of piperidine rings is 1. The molecule has 152 valence electrons. The van der Waals surface area contributed by atoms with Gasteiger partial charge in [0.1, 0.15) is 11.6 Å². The molecule has 6 nitrogen and oxygen atoms in total. The van der Waals surface area contributed by atoms with Crippen LogP contribution < -0.4 is 0 Å². The van der Waals surface area contributed by atoms with E-state index in [1.54, 1.807) is 0 Å². The number of likely N-dealkylation sites (tertiary alicyclic amines) is 1. The smallest absolute Gasteiger partial charge is 0.227 e. The minimum atomic E-state index is 0.200. The van der Waals surface area contributed by atoms with Crippen molar-refractivity contribution in [3.05, 3.63) is 34.7 Å². The van der Waals surface area contributed by atoms with Crippen molar-refractivity contribution in [2.45, 2.75) is 78.2 Å². The number of imidazole rings is 1. The Bertz CT molecular complexity index is 806. The molecule has 1 amide bonds. The zero-order valence-corrected chi connectivity index (χ0v) is 17.4. The summed E-state index contributed by atoms with van der Waals surface area (Å²) in [7, 11) is 0. The van der Waals surface area contributed by atoms with Crippen LogP contribution in [0.4, 0.5) is 0 Å². The van der Waals surface area contributed by atoms with E-state index >= 15 is 0 Å². The number of aromatic nitrogens is 3. The Morgan fingerprint density at radius 3 is 2.54 bits per heavy atom. The van der Waals surface area contributed by atoms with Gasteiger partial charge in [-0.3, -0.25) is 4.79 Å². The zero-order chi connectivity index (χ0) is 19.7. The predicted molar refractivity (Wildman–Crippen MR) is 107 cm³/mol. The fourth-order valence-electron chi connectivity index (χ4n) is 4.56. The van der Waals surface area contributed by atoms with E-state index in [0.29, 0.717) is 18.3 Å². The SMILES string of the molecule is Cc1noc(C)c1CC(=O)N1CCC(CCn2c(C)cnc2C2CCC2)CC1. The number of hydrogen-bond acceptors (Lipinski definition) is 4. The molecule has 6 heteroatoms. The lowest BCUT2D eigenvalue weighted by Crippen LogP contribution is -2.39. The van der Waals surface area contributed by atoms with Crippen molar-refractivity contribution in [2.24, 2.45) is 5.92 Å². The van der Waals surface area contributed by atoms with E-state index < -0.39 is 0 Å². The molecule has 0 N–H and O–H groups in total. The molecule has 0 radical (unpaired) electrons. The van der Waals surface area contributed by atoms with Gasteiger partial charge in [0.25, 0.3) is 0 Å². The molecule has 3 heterocycles. The van der Waals surface area contributed by atoms with Crippen LogP contribution in [-0.4, -0.2) is 38.6 Å². The summed E-state index contributed by atoms with van der Waals surface area (Å²) in [4.78, 5) is 19.4. The molecule has 1 aliphatic heterocycles. The molecule has 1 saturated heterocycles. The molecular formula is C22H32N4O2. The first-order chi connectivity index (χ1) is 13.5. The van der Waals surface area contributed by atoms with Crippen LogP contribution in [0.25, 0.3) is 0 Å². The lowest BCUT2D eigenvalue weighted by Gasteiger charge is -2.32. The van der Waals surface area contributed by atoms with Gasteiger partial charge in [0.15, 0.2) is 0 Å². The van der Waals surface area contributed by atoms with Gasteiger partial charge >= 0.3 is 0 Å². The van der Waals surface area contributed by atoms with Crippen LogP contribution in [0, 0.1) is 26.7 Å². The van der Waals surface area contributed by atoms with Gasteiger partial charge in [0.2, 0.25) is 5.91 Å². The normalized spacial score (nSPS) is 18.5. The average molecular weight is 385 g/mol. The first-order valence-corrected chi connectivity index (χ1v) is 10.7. The second-order valence-corrected chi connectivity index (χ2v) is 8.63. The second-order valence-electron chi connectivity index (χ2n) is 8.63. The Labute approximate surface area is 167 Å². The summed E-state index contributed by atoms with van der Waals surface area (Å²) in [6, 6.07) is 0. The molecule has 0 atom stereocenters. The van der Waals surface area contributed by atoms with E-state index in [4.69, 9.17) is 4.52 Å². The molecule has 0 unspecified atom stereocenters. The molecule has 2 aromatic heterocycles. The summed E-state index contributed by atoms with van der Waals surface area (Å²) < 4.78 is 7.63. The predicted octanol–water partition coefficient (Wildman–Crippen LogP) is 3.94. The Morgan fingerprint density at radius 1 is 1.18 bits per heavy atom. The summed E-state index contributed by atoms with van der Waals surface area (Å²) in [5.41, 5.74) is 3.07. The molecule has 2 fully saturated rings. The first kappa shape index (κ1) is 19.2. The molecular weight excluding hydrogens is 352 g/mol. The van der Waals surface area contributed by atoms with Crippen molar-refractivity contribution in [1.29, 1.82) is 0 Å². The van der Waals surface area contributed by atoms with Crippen molar-refractivity contribution < 1.29 is 9.32 Å². The molecule has 2 aromatic rings. The van der Waals surface area contributed by atoms with Crippen molar-refractivity contribution in [1.82, 2.24) is 19.6 Å². The van der Waals surface area contributed by atoms with Crippen LogP contribution in [0.2, 0.25) is 0 Å². The highest BCUT2D eigenvalue weighted by Crippen LogP contribution is 2.36. The van der Waals surface area contributed by atoms with Gasteiger partial charge in [-0.25, -0.2) is 4.98 Å². The van der Waals surface area contributed by atoms with Gasteiger partial charge in [-0.15, -0.1) is 0 Å². The largest absolute Gasteiger partial charge is 0.361 e. The molecule has 2 aliphatic rings. The molecule has 0 bridgehead atoms. The first-order valence-electron chi connectivity index (χ1n) is 10.7. The molecule has 1 saturated carbocycles. The third kappa shape index (κ3) is 3.87. The fourth-order valence-corrected chi connectivity index (χ4v) is 4.56. The molecule has 28 heavy (non-hydrogen) atoms. The van der Waals surface area contributed by atoms with Gasteiger partial charge in [-0.05, 0) is 58.8 Å². The Hall–Kier alpha value is -2.11. The molecule has 1 aliphatic carbocycles. The van der Waals surface area contributed by atoms with Crippen LogP contribution in [0.3, 0.4) is 0 Å². The minimum absolute atomic E-state index is 0.200. The highest BCUT2D eigenvalue weighted by molar-refractivity contribution is 5.79. The van der Waals surface area contributed by atoms with Crippen molar-refractivity contribution in [3.63, 3.8) is 0 Å². The van der Waals surface area contributed by atoms with E-state index in [-0.39, 0.29) is 5.91 Å². The quantitative estimate of drug-likeness (QED) is 0.757. The van der Waals surface area contributed by atoms with Crippen molar-refractivity contribution in [3.8, 4) is 0 Å². The highest BCUT2D eigenvalue weighted by Gasteiger charge is 2.27. The second kappa shape index (κ2) is 8.10. The third-order valence-electron chi connectivity index (χ3n) is 6.79. The summed E-state index contributed by atoms with van der Waals surface area (Å²) in [5.74, 6) is 3.64. The maximum absolute atomic E-state index is 12.7. The lowest BCUT2D eigenvalue weighted by molar-refractivity contribution is -0.131. The maximum Gasteiger partial charge on any atom is 0.227 e. The zero-order valence-electron chi connectivity index (χ0n) is 17.4. The van der Waals surface area contributed by atoms with Gasteiger partial charge < -0.3 is 14.0 Å². The number of nitrogens with zero attached hydrogens (tertiary/aromatic N) is 4. The fraction of sp³-hybridized carbons (Fsp3) is 0.682. The number of hydrogen-bond donors (Lipinski definition) is 0. The van der Waals surface area contributed by atoms with Gasteiger partial charge in [-0.1, -0.05) is 11.6 Å². The number of aryl methyl sites for hydroxylation is 3. The van der Waals surface area contributed by atoms with Gasteiger partial charge in [-0.2, -0.15) is 0 Å². The van der Waals surface area contributed by atoms with Gasteiger partial charge in [0.05, 0.1) is 12.1 Å². The van der Waals surface area contributed by atoms with E-state index in [1.807, 2.05) is 24.9 Å². The lowest BCUT2D eigenvalue weighted by atomic mass is 9.84. The van der Waals surface area contributed by atoms with Crippen LogP contribution >= 0.6 is 0 Å². The van der Waals surface area contributed by atoms with E-state index in [1.165, 1.54) is 37.2 Å². The van der Waals surface area contributed by atoms with Crippen LogP contribution in [0.1, 0.15) is 73.0 Å². The Kier molecular flexibility index (Phi) is 5.56. The van der Waals surface area contributed by atoms with Crippen molar-refractivity contribution >= 4 is 5.91 Å². The number of rotatable bonds is 6. The van der Waals surface area contributed by atoms with Crippen LogP contribution in [0.5, 0.6) is 0 Å². The van der Waals surface area contributed by atoms with Crippen LogP contribution in [0.15, 0.2) is 10.7 Å². The van der Waals surface area contributed by atoms with Gasteiger partial charge in [0, 0.05) is 43.0 Å². The number of carbonyl (C=O) groups is 1. The third-order valence-corrected chi connectivity index (χ3v) is 6.79. The Morgan fingerprint density at radius 2 is 1.93 bits per heavy atom. The summed E-state index contributed by atoms with van der Waals surface area (Å²) in [6.07, 6.45) is 9.75. The van der Waals surface area contributed by atoms with Crippen molar-refractivity contribution in [2.75, 3.05) is 13.1 Å². The van der Waals surface area contributed by atoms with E-state index in [2.05, 4.69) is 21.6 Å². The monoisotopic (exact) mass is 384 g/mol. The summed E-state index contributed by atoms with van der Waals surface area (Å²) in [5, 5.41) is 3.96. The molecule has 0 aromatic carbocycles. The van der Waals surface area contributed by atoms with E-state index in [9.17, 15) is 4.79 Å². The topological polar surface area (TPSA) is 64.2 Å². The summed E-state index contributed by atoms with van der Waals surface area (Å²) in [6.45, 7) is 8.75.